The Hall–Kier alpha value is -5.04. The van der Waals surface area contributed by atoms with Gasteiger partial charge in [-0.25, -0.2) is 9.78 Å². The highest BCUT2D eigenvalue weighted by Gasteiger charge is 2.40. The van der Waals surface area contributed by atoms with Gasteiger partial charge in [-0.3, -0.25) is 14.5 Å². The second-order valence-corrected chi connectivity index (χ2v) is 14.1. The molecule has 0 saturated carbocycles. The van der Waals surface area contributed by atoms with Crippen molar-refractivity contribution >= 4 is 41.1 Å². The summed E-state index contributed by atoms with van der Waals surface area (Å²) in [6.07, 6.45) is -0.628. The summed E-state index contributed by atoms with van der Waals surface area (Å²) in [6.45, 7) is 2.54. The lowest BCUT2D eigenvalue weighted by molar-refractivity contribution is -0.276. The summed E-state index contributed by atoms with van der Waals surface area (Å²) in [4.78, 5) is 43.7. The fourth-order valence-corrected chi connectivity index (χ4v) is 7.04. The molecule has 0 aliphatic carbocycles. The summed E-state index contributed by atoms with van der Waals surface area (Å²) in [5.41, 5.74) is 5.95. The highest BCUT2D eigenvalue weighted by molar-refractivity contribution is 6.40. The molecular weight excluding hydrogens is 731 g/mol. The normalized spacial score (nSPS) is 21.3. The van der Waals surface area contributed by atoms with Crippen molar-refractivity contribution in [2.45, 2.75) is 64.2 Å². The van der Waals surface area contributed by atoms with E-state index in [0.29, 0.717) is 11.7 Å². The number of hydrogen-bond donors (Lipinski definition) is 2. The molecule has 0 radical (unpaired) electrons. The standard InChI is InChI=1S/C41H38Cl2N4O7/c1-25-34(21-46-24-44-37(42)38(46)43)53-40(54-36(25)30-12-10-26(22-48)11-13-30)31-16-14-29(15-17-31)32-9-5-8-28(18-32)20-47-35(49)19-33(39(47)50)45-41(51)52-23-27-6-3-2-4-7-27/h2-18,24-25,33-34,36,40,48H,19-23H2,1H3,(H,45,51)/t25-,33?,34+,36+,40+/m0/s1. The number of aromatic nitrogens is 2. The van der Waals surface area contributed by atoms with Gasteiger partial charge in [0.2, 0.25) is 5.91 Å². The molecule has 11 nitrogen and oxygen atoms in total. The quantitative estimate of drug-likeness (QED) is 0.133. The van der Waals surface area contributed by atoms with Gasteiger partial charge in [0.15, 0.2) is 11.4 Å². The summed E-state index contributed by atoms with van der Waals surface area (Å²) in [6, 6.07) is 31.4. The largest absolute Gasteiger partial charge is 0.445 e. The van der Waals surface area contributed by atoms with Crippen LogP contribution in [0.5, 0.6) is 0 Å². The van der Waals surface area contributed by atoms with Crippen molar-refractivity contribution in [3.8, 4) is 11.1 Å². The molecule has 278 valence electrons. The first-order valence-electron chi connectivity index (χ1n) is 17.5. The van der Waals surface area contributed by atoms with Crippen molar-refractivity contribution in [1.82, 2.24) is 19.8 Å². The number of likely N-dealkylation sites (tertiary alicyclic amines) is 1. The van der Waals surface area contributed by atoms with Gasteiger partial charge in [0.1, 0.15) is 17.8 Å². The topological polar surface area (TPSA) is 132 Å². The van der Waals surface area contributed by atoms with Crippen molar-refractivity contribution in [2.24, 2.45) is 5.92 Å². The zero-order chi connectivity index (χ0) is 37.8. The Labute approximate surface area is 322 Å². The molecular formula is C41H38Cl2N4O7. The highest BCUT2D eigenvalue weighted by Crippen LogP contribution is 2.43. The number of hydrogen-bond acceptors (Lipinski definition) is 8. The molecule has 2 aliphatic heterocycles. The lowest BCUT2D eigenvalue weighted by atomic mass is 9.90. The Balaban J connectivity index is 1.03. The number of carbonyl (C=O) groups is 3. The highest BCUT2D eigenvalue weighted by atomic mass is 35.5. The second kappa shape index (κ2) is 16.5. The van der Waals surface area contributed by atoms with Crippen molar-refractivity contribution in [3.63, 3.8) is 0 Å². The van der Waals surface area contributed by atoms with Crippen LogP contribution < -0.4 is 5.32 Å². The summed E-state index contributed by atoms with van der Waals surface area (Å²) in [5.74, 6) is -0.925. The first-order chi connectivity index (χ1) is 26.2. The average molecular weight is 770 g/mol. The molecule has 2 saturated heterocycles. The number of carbonyl (C=O) groups excluding carboxylic acids is 3. The maximum Gasteiger partial charge on any atom is 0.408 e. The van der Waals surface area contributed by atoms with Gasteiger partial charge in [-0.2, -0.15) is 0 Å². The Morgan fingerprint density at radius 2 is 1.61 bits per heavy atom. The van der Waals surface area contributed by atoms with Crippen molar-refractivity contribution in [2.75, 3.05) is 0 Å². The maximum atomic E-state index is 13.2. The van der Waals surface area contributed by atoms with Crippen molar-refractivity contribution in [1.29, 1.82) is 0 Å². The molecule has 1 aromatic heterocycles. The number of rotatable bonds is 11. The summed E-state index contributed by atoms with van der Waals surface area (Å²) >= 11 is 12.6. The van der Waals surface area contributed by atoms with Crippen LogP contribution in [0.15, 0.2) is 109 Å². The number of amides is 3. The van der Waals surface area contributed by atoms with E-state index in [0.717, 1.165) is 43.8 Å². The van der Waals surface area contributed by atoms with Crippen LogP contribution in [-0.4, -0.2) is 49.6 Å². The van der Waals surface area contributed by atoms with Crippen LogP contribution in [-0.2, 0) is 50.1 Å². The molecule has 4 aromatic carbocycles. The van der Waals surface area contributed by atoms with Crippen molar-refractivity contribution in [3.05, 3.63) is 148 Å². The van der Waals surface area contributed by atoms with Gasteiger partial charge < -0.3 is 29.2 Å². The van der Waals surface area contributed by atoms with Crippen LogP contribution in [0.25, 0.3) is 11.1 Å². The molecule has 3 amide bonds. The van der Waals surface area contributed by atoms with Crippen LogP contribution in [0, 0.1) is 5.92 Å². The van der Waals surface area contributed by atoms with Crippen LogP contribution in [0.1, 0.15) is 53.6 Å². The van der Waals surface area contributed by atoms with Gasteiger partial charge in [0.05, 0.1) is 44.7 Å². The van der Waals surface area contributed by atoms with Crippen LogP contribution >= 0.6 is 23.2 Å². The number of halogens is 2. The minimum atomic E-state index is -0.988. The predicted octanol–water partition coefficient (Wildman–Crippen LogP) is 7.39. The van der Waals surface area contributed by atoms with E-state index in [1.807, 2.05) is 103 Å². The summed E-state index contributed by atoms with van der Waals surface area (Å²) in [7, 11) is 0. The third-order valence-electron chi connectivity index (χ3n) is 9.77. The lowest BCUT2D eigenvalue weighted by Gasteiger charge is -2.41. The monoisotopic (exact) mass is 768 g/mol. The van der Waals surface area contributed by atoms with Crippen LogP contribution in [0.4, 0.5) is 4.79 Å². The van der Waals surface area contributed by atoms with E-state index in [-0.39, 0.29) is 55.4 Å². The summed E-state index contributed by atoms with van der Waals surface area (Å²) < 4.78 is 20.2. The zero-order valence-electron chi connectivity index (χ0n) is 29.3. The smallest absolute Gasteiger partial charge is 0.408 e. The number of ether oxygens (including phenoxy) is 3. The van der Waals surface area contributed by atoms with E-state index in [9.17, 15) is 19.5 Å². The first-order valence-corrected chi connectivity index (χ1v) is 18.3. The van der Waals surface area contributed by atoms with Crippen LogP contribution in [0.3, 0.4) is 0 Å². The second-order valence-electron chi connectivity index (χ2n) is 13.4. The molecule has 2 aliphatic rings. The fourth-order valence-electron chi connectivity index (χ4n) is 6.73. The Morgan fingerprint density at radius 3 is 2.31 bits per heavy atom. The maximum absolute atomic E-state index is 13.2. The van der Waals surface area contributed by atoms with Gasteiger partial charge in [-0.05, 0) is 39.4 Å². The molecule has 13 heteroatoms. The fraction of sp³-hybridized carbons (Fsp3) is 0.268. The Kier molecular flexibility index (Phi) is 11.4. The SMILES string of the molecule is C[C@H]1[C@@H](Cn2cnc(Cl)c2Cl)O[C@@H](c2ccc(-c3cccc(CN4C(=O)CC(NC(=O)OCc5ccccc5)C4=O)c3)cc2)O[C@H]1c1ccc(CO)cc1. The zero-order valence-corrected chi connectivity index (χ0v) is 30.8. The van der Waals surface area contributed by atoms with Gasteiger partial charge >= 0.3 is 6.09 Å². The first kappa shape index (κ1) is 37.3. The van der Waals surface area contributed by atoms with Crippen molar-refractivity contribution < 1.29 is 33.7 Å². The van der Waals surface area contributed by atoms with Crippen LogP contribution in [0.2, 0.25) is 10.3 Å². The minimum Gasteiger partial charge on any atom is -0.445 e. The molecule has 0 spiro atoms. The molecule has 2 N–H and O–H groups in total. The van der Waals surface area contributed by atoms with E-state index in [1.165, 1.54) is 0 Å². The lowest BCUT2D eigenvalue weighted by Crippen LogP contribution is -2.41. The molecule has 3 heterocycles. The summed E-state index contributed by atoms with van der Waals surface area (Å²) in [5, 5.41) is 12.7. The molecule has 5 atom stereocenters. The number of imidazole rings is 1. The van der Waals surface area contributed by atoms with Gasteiger partial charge in [0, 0.05) is 11.5 Å². The van der Waals surface area contributed by atoms with E-state index in [2.05, 4.69) is 17.2 Å². The molecule has 7 rings (SSSR count). The molecule has 1 unspecified atom stereocenters. The molecule has 2 fully saturated rings. The molecule has 5 aromatic rings. The predicted molar refractivity (Wildman–Crippen MR) is 201 cm³/mol. The average Bonchev–Trinajstić information content (AvgIpc) is 3.65. The van der Waals surface area contributed by atoms with E-state index in [1.54, 1.807) is 10.9 Å². The minimum absolute atomic E-state index is 0.0504. The third kappa shape index (κ3) is 8.36. The number of imide groups is 1. The Morgan fingerprint density at radius 1 is 0.889 bits per heavy atom. The number of benzene rings is 4. The third-order valence-corrected chi connectivity index (χ3v) is 10.5. The van der Waals surface area contributed by atoms with E-state index >= 15 is 0 Å². The van der Waals surface area contributed by atoms with Gasteiger partial charge in [-0.1, -0.05) is 127 Å². The molecule has 54 heavy (non-hydrogen) atoms. The van der Waals surface area contributed by atoms with Gasteiger partial charge in [-0.15, -0.1) is 0 Å². The van der Waals surface area contributed by atoms with E-state index in [4.69, 9.17) is 37.4 Å². The number of alkyl carbamates (subject to hydrolysis) is 1. The number of aliphatic hydroxyl groups excluding tert-OH is 1. The molecule has 0 bridgehead atoms. The number of nitrogens with zero attached hydrogens (tertiary/aromatic N) is 3. The number of aliphatic hydroxyl groups is 1. The Bertz CT molecular complexity index is 2110. The number of nitrogens with one attached hydrogen (secondary N) is 1. The van der Waals surface area contributed by atoms with E-state index < -0.39 is 24.3 Å². The van der Waals surface area contributed by atoms with Gasteiger partial charge in [0.25, 0.3) is 5.91 Å².